The number of carbonyl (C=O) groups is 1. The third-order valence-electron chi connectivity index (χ3n) is 5.19. The van der Waals surface area contributed by atoms with Crippen LogP contribution < -0.4 is 5.32 Å². The van der Waals surface area contributed by atoms with Gasteiger partial charge >= 0.3 is 6.09 Å². The van der Waals surface area contributed by atoms with Crippen LogP contribution in [0.2, 0.25) is 0 Å². The smallest absolute Gasteiger partial charge is 0.410 e. The minimum atomic E-state index is -0.183. The molecule has 25 heavy (non-hydrogen) atoms. The van der Waals surface area contributed by atoms with Gasteiger partial charge in [-0.1, -0.05) is 12.1 Å². The highest BCUT2D eigenvalue weighted by atomic mass is 35.5. The van der Waals surface area contributed by atoms with Crippen LogP contribution in [-0.4, -0.2) is 60.3 Å². The summed E-state index contributed by atoms with van der Waals surface area (Å²) in [7, 11) is 0. The fraction of sp³-hybridized carbons (Fsp3) is 0.588. The lowest BCUT2D eigenvalue weighted by Crippen LogP contribution is -2.49. The Morgan fingerprint density at radius 1 is 1.20 bits per heavy atom. The molecule has 0 radical (unpaired) electrons. The van der Waals surface area contributed by atoms with E-state index >= 15 is 0 Å². The van der Waals surface area contributed by atoms with E-state index in [1.54, 1.807) is 12.1 Å². The van der Waals surface area contributed by atoms with E-state index < -0.39 is 0 Å². The first-order valence-corrected chi connectivity index (χ1v) is 8.37. The van der Waals surface area contributed by atoms with Crippen molar-refractivity contribution in [2.24, 2.45) is 0 Å². The SMILES string of the molecule is Cl.Cl.O=C1O[C@H]2CNC[C@H]2N1C1CCN(Cc2cccc(F)c2)CC1. The molecule has 140 valence electrons. The minimum Gasteiger partial charge on any atom is -0.442 e. The predicted octanol–water partition coefficient (Wildman–Crippen LogP) is 2.43. The normalized spacial score (nSPS) is 26.6. The molecular formula is C17H24Cl2FN3O2. The first kappa shape index (κ1) is 20.2. The Balaban J connectivity index is 0.00000113. The fourth-order valence-corrected chi connectivity index (χ4v) is 4.03. The van der Waals surface area contributed by atoms with Gasteiger partial charge in [0, 0.05) is 38.8 Å². The first-order chi connectivity index (χ1) is 11.2. The number of halogens is 3. The van der Waals surface area contributed by atoms with Gasteiger partial charge in [0.15, 0.2) is 0 Å². The molecule has 8 heteroatoms. The van der Waals surface area contributed by atoms with Crippen molar-refractivity contribution >= 4 is 30.9 Å². The third kappa shape index (κ3) is 4.19. The van der Waals surface area contributed by atoms with Gasteiger partial charge in [-0.2, -0.15) is 0 Å². The lowest BCUT2D eigenvalue weighted by atomic mass is 10.0. The Hall–Kier alpha value is -1.08. The van der Waals surface area contributed by atoms with Gasteiger partial charge in [0.05, 0.1) is 6.04 Å². The Bertz CT molecular complexity index is 599. The van der Waals surface area contributed by atoms with E-state index in [0.717, 1.165) is 51.1 Å². The van der Waals surface area contributed by atoms with Crippen LogP contribution in [0.5, 0.6) is 0 Å². The molecule has 3 saturated heterocycles. The van der Waals surface area contributed by atoms with Gasteiger partial charge in [-0.05, 0) is 30.5 Å². The molecule has 5 nitrogen and oxygen atoms in total. The second-order valence-electron chi connectivity index (χ2n) is 6.69. The van der Waals surface area contributed by atoms with E-state index in [2.05, 4.69) is 10.2 Å². The van der Waals surface area contributed by atoms with E-state index in [-0.39, 0.29) is 54.9 Å². The number of fused-ring (bicyclic) bond motifs is 1. The molecular weight excluding hydrogens is 368 g/mol. The number of hydrogen-bond donors (Lipinski definition) is 1. The fourth-order valence-electron chi connectivity index (χ4n) is 4.03. The van der Waals surface area contributed by atoms with Crippen molar-refractivity contribution in [3.05, 3.63) is 35.6 Å². The van der Waals surface area contributed by atoms with Crippen LogP contribution in [0.15, 0.2) is 24.3 Å². The van der Waals surface area contributed by atoms with Gasteiger partial charge in [0.1, 0.15) is 11.9 Å². The Labute approximate surface area is 159 Å². The molecule has 0 unspecified atom stereocenters. The average Bonchev–Trinajstić information content (AvgIpc) is 3.08. The molecule has 0 spiro atoms. The van der Waals surface area contributed by atoms with Crippen molar-refractivity contribution in [2.45, 2.75) is 37.6 Å². The quantitative estimate of drug-likeness (QED) is 0.859. The Morgan fingerprint density at radius 3 is 2.68 bits per heavy atom. The summed E-state index contributed by atoms with van der Waals surface area (Å²) in [5.74, 6) is -0.183. The van der Waals surface area contributed by atoms with Gasteiger partial charge in [-0.15, -0.1) is 24.8 Å². The highest BCUT2D eigenvalue weighted by Crippen LogP contribution is 2.29. The number of amides is 1. The number of piperidine rings is 1. The number of rotatable bonds is 3. The van der Waals surface area contributed by atoms with E-state index in [9.17, 15) is 9.18 Å². The van der Waals surface area contributed by atoms with Crippen LogP contribution >= 0.6 is 24.8 Å². The lowest BCUT2D eigenvalue weighted by Gasteiger charge is -2.37. The zero-order chi connectivity index (χ0) is 15.8. The van der Waals surface area contributed by atoms with Gasteiger partial charge in [-0.25, -0.2) is 9.18 Å². The summed E-state index contributed by atoms with van der Waals surface area (Å²) >= 11 is 0. The van der Waals surface area contributed by atoms with Crippen molar-refractivity contribution < 1.29 is 13.9 Å². The Morgan fingerprint density at radius 2 is 1.96 bits per heavy atom. The maximum Gasteiger partial charge on any atom is 0.410 e. The summed E-state index contributed by atoms with van der Waals surface area (Å²) in [5, 5.41) is 3.30. The average molecular weight is 392 g/mol. The number of nitrogens with one attached hydrogen (secondary N) is 1. The highest BCUT2D eigenvalue weighted by molar-refractivity contribution is 5.85. The molecule has 3 fully saturated rings. The summed E-state index contributed by atoms with van der Waals surface area (Å²) in [5.41, 5.74) is 1.00. The lowest BCUT2D eigenvalue weighted by molar-refractivity contribution is 0.102. The standard InChI is InChI=1S/C17H22FN3O2.2ClH/c18-13-3-1-2-12(8-13)11-20-6-4-14(5-7-20)21-15-9-19-10-16(15)23-17(21)22;;/h1-3,8,14-16,19H,4-7,9-11H2;2*1H/t15-,16+;;/m1../s1. The van der Waals surface area contributed by atoms with Crippen LogP contribution in [-0.2, 0) is 11.3 Å². The predicted molar refractivity (Wildman–Crippen MR) is 98.0 cm³/mol. The van der Waals surface area contributed by atoms with E-state index in [1.165, 1.54) is 6.07 Å². The molecule has 1 N–H and O–H groups in total. The molecule has 4 rings (SSSR count). The summed E-state index contributed by atoms with van der Waals surface area (Å²) in [6, 6.07) is 7.25. The molecule has 1 aromatic carbocycles. The van der Waals surface area contributed by atoms with Crippen LogP contribution in [0.3, 0.4) is 0 Å². The second kappa shape index (κ2) is 8.54. The second-order valence-corrected chi connectivity index (χ2v) is 6.69. The van der Waals surface area contributed by atoms with Gasteiger partial charge in [-0.3, -0.25) is 9.80 Å². The maximum atomic E-state index is 13.3. The largest absolute Gasteiger partial charge is 0.442 e. The molecule has 3 heterocycles. The minimum absolute atomic E-state index is 0. The van der Waals surface area contributed by atoms with Gasteiger partial charge < -0.3 is 10.1 Å². The van der Waals surface area contributed by atoms with E-state index in [1.807, 2.05) is 11.0 Å². The van der Waals surface area contributed by atoms with Crippen molar-refractivity contribution in [3.63, 3.8) is 0 Å². The van der Waals surface area contributed by atoms with Crippen LogP contribution in [0.1, 0.15) is 18.4 Å². The van der Waals surface area contributed by atoms with Crippen molar-refractivity contribution in [2.75, 3.05) is 26.2 Å². The third-order valence-corrected chi connectivity index (χ3v) is 5.19. The highest BCUT2D eigenvalue weighted by Gasteiger charge is 2.47. The van der Waals surface area contributed by atoms with Crippen LogP contribution in [0.25, 0.3) is 0 Å². The molecule has 2 atom stereocenters. The number of benzene rings is 1. The molecule has 1 amide bonds. The first-order valence-electron chi connectivity index (χ1n) is 8.37. The molecule has 1 aromatic rings. The van der Waals surface area contributed by atoms with Crippen LogP contribution in [0, 0.1) is 5.82 Å². The number of ether oxygens (including phenoxy) is 1. The van der Waals surface area contributed by atoms with Crippen molar-refractivity contribution in [1.29, 1.82) is 0 Å². The summed E-state index contributed by atoms with van der Waals surface area (Å²) in [4.78, 5) is 16.4. The topological polar surface area (TPSA) is 44.8 Å². The number of carbonyl (C=O) groups excluding carboxylic acids is 1. The number of nitrogens with zero attached hydrogens (tertiary/aromatic N) is 2. The summed E-state index contributed by atoms with van der Waals surface area (Å²) < 4.78 is 18.7. The Kier molecular flexibility index (Phi) is 6.91. The summed E-state index contributed by atoms with van der Waals surface area (Å²) in [6.07, 6.45) is 1.78. The molecule has 3 aliphatic heterocycles. The monoisotopic (exact) mass is 391 g/mol. The number of likely N-dealkylation sites (tertiary alicyclic amines) is 1. The number of hydrogen-bond acceptors (Lipinski definition) is 4. The van der Waals surface area contributed by atoms with Gasteiger partial charge in [0.25, 0.3) is 0 Å². The van der Waals surface area contributed by atoms with Crippen molar-refractivity contribution in [3.8, 4) is 0 Å². The zero-order valence-corrected chi connectivity index (χ0v) is 15.5. The molecule has 0 saturated carbocycles. The molecule has 0 aromatic heterocycles. The zero-order valence-electron chi connectivity index (χ0n) is 13.9. The molecule has 3 aliphatic rings. The van der Waals surface area contributed by atoms with E-state index in [4.69, 9.17) is 4.74 Å². The molecule has 0 aliphatic carbocycles. The maximum absolute atomic E-state index is 13.3. The van der Waals surface area contributed by atoms with E-state index in [0.29, 0.717) is 0 Å². The van der Waals surface area contributed by atoms with Crippen molar-refractivity contribution in [1.82, 2.24) is 15.1 Å². The molecule has 0 bridgehead atoms. The van der Waals surface area contributed by atoms with Crippen LogP contribution in [0.4, 0.5) is 9.18 Å². The summed E-state index contributed by atoms with van der Waals surface area (Å²) in [6.45, 7) is 4.22. The van der Waals surface area contributed by atoms with Gasteiger partial charge in [0.2, 0.25) is 0 Å².